The highest BCUT2D eigenvalue weighted by atomic mass is 35.5. The molecule has 3 aromatic rings. The van der Waals surface area contributed by atoms with Gasteiger partial charge in [-0.15, -0.1) is 0 Å². The molecular weight excluding hydrogens is 420 g/mol. The van der Waals surface area contributed by atoms with Crippen molar-refractivity contribution in [3.63, 3.8) is 0 Å². The zero-order valence-corrected chi connectivity index (χ0v) is 20.6. The van der Waals surface area contributed by atoms with Gasteiger partial charge in [-0.1, -0.05) is 50.6 Å². The van der Waals surface area contributed by atoms with E-state index in [4.69, 9.17) is 16.7 Å². The van der Waals surface area contributed by atoms with Crippen molar-refractivity contribution in [1.29, 1.82) is 0 Å². The average Bonchev–Trinajstić information content (AvgIpc) is 3.17. The molecule has 0 unspecified atom stereocenters. The number of anilines is 1. The maximum absolute atomic E-state index is 13.5. The fourth-order valence-corrected chi connectivity index (χ4v) is 3.98. The Morgan fingerprint density at radius 2 is 1.66 bits per heavy atom. The lowest BCUT2D eigenvalue weighted by Gasteiger charge is -2.30. The first-order chi connectivity index (χ1) is 15.2. The maximum Gasteiger partial charge on any atom is 0.254 e. The molecule has 1 aromatic heterocycles. The van der Waals surface area contributed by atoms with Crippen LogP contribution in [-0.4, -0.2) is 40.7 Å². The Bertz CT molecular complexity index is 1040. The monoisotopic (exact) mass is 452 g/mol. The lowest BCUT2D eigenvalue weighted by atomic mass is 10.0. The van der Waals surface area contributed by atoms with Crippen LogP contribution in [0.4, 0.5) is 5.82 Å². The molecule has 0 spiro atoms. The van der Waals surface area contributed by atoms with Gasteiger partial charge in [-0.2, -0.15) is 5.10 Å². The van der Waals surface area contributed by atoms with Gasteiger partial charge in [-0.05, 0) is 55.7 Å². The molecule has 32 heavy (non-hydrogen) atoms. The van der Waals surface area contributed by atoms with Crippen molar-refractivity contribution >= 4 is 23.3 Å². The van der Waals surface area contributed by atoms with Crippen molar-refractivity contribution in [3.8, 4) is 5.69 Å². The second kappa shape index (κ2) is 10.2. The van der Waals surface area contributed by atoms with E-state index in [1.54, 1.807) is 24.3 Å². The number of carbonyl (C=O) groups excluding carboxylic acids is 1. The Morgan fingerprint density at radius 3 is 2.19 bits per heavy atom. The van der Waals surface area contributed by atoms with Crippen molar-refractivity contribution in [2.45, 2.75) is 52.6 Å². The standard InChI is InChI=1S/C26H33ClN4O/c1-7-19(4)30(26(32)20-13-15-21(27)16-14-20)17-23-24(18(2)3)28-31(25(23)29(5)6)22-11-9-8-10-12-22/h8-16,18-19H,7,17H2,1-6H3/t19-/m0/s1. The lowest BCUT2D eigenvalue weighted by Crippen LogP contribution is -2.38. The smallest absolute Gasteiger partial charge is 0.254 e. The zero-order valence-electron chi connectivity index (χ0n) is 19.8. The van der Waals surface area contributed by atoms with Gasteiger partial charge in [0, 0.05) is 36.3 Å². The van der Waals surface area contributed by atoms with Crippen molar-refractivity contribution in [3.05, 3.63) is 76.4 Å². The van der Waals surface area contributed by atoms with E-state index in [0.29, 0.717) is 17.1 Å². The Balaban J connectivity index is 2.12. The van der Waals surface area contributed by atoms with Crippen molar-refractivity contribution in [2.24, 2.45) is 0 Å². The Hall–Kier alpha value is -2.79. The summed E-state index contributed by atoms with van der Waals surface area (Å²) >= 11 is 6.05. The molecule has 0 radical (unpaired) electrons. The molecule has 0 saturated carbocycles. The third kappa shape index (κ3) is 4.99. The molecule has 0 fully saturated rings. The zero-order chi connectivity index (χ0) is 23.4. The normalized spacial score (nSPS) is 12.1. The molecule has 5 nitrogen and oxygen atoms in total. The van der Waals surface area contributed by atoms with Crippen molar-refractivity contribution in [2.75, 3.05) is 19.0 Å². The van der Waals surface area contributed by atoms with Gasteiger partial charge < -0.3 is 9.80 Å². The number of hydrogen-bond donors (Lipinski definition) is 0. The van der Waals surface area contributed by atoms with E-state index in [-0.39, 0.29) is 17.9 Å². The number of aromatic nitrogens is 2. The van der Waals surface area contributed by atoms with Gasteiger partial charge in [0.1, 0.15) is 5.82 Å². The molecule has 0 N–H and O–H groups in total. The van der Waals surface area contributed by atoms with Gasteiger partial charge in [-0.3, -0.25) is 4.79 Å². The number of halogens is 1. The Morgan fingerprint density at radius 1 is 1.03 bits per heavy atom. The van der Waals surface area contributed by atoms with Crippen LogP contribution >= 0.6 is 11.6 Å². The first-order valence-corrected chi connectivity index (χ1v) is 11.5. The first kappa shape index (κ1) is 23.9. The Kier molecular flexibility index (Phi) is 7.62. The summed E-state index contributed by atoms with van der Waals surface area (Å²) in [5.74, 6) is 1.22. The Labute approximate surface area is 196 Å². The van der Waals surface area contributed by atoms with Crippen LogP contribution < -0.4 is 4.90 Å². The third-order valence-corrected chi connectivity index (χ3v) is 6.01. The van der Waals surface area contributed by atoms with Gasteiger partial charge in [0.25, 0.3) is 5.91 Å². The fourth-order valence-electron chi connectivity index (χ4n) is 3.86. The van der Waals surface area contributed by atoms with E-state index < -0.39 is 0 Å². The highest BCUT2D eigenvalue weighted by molar-refractivity contribution is 6.30. The summed E-state index contributed by atoms with van der Waals surface area (Å²) in [5, 5.41) is 5.63. The minimum Gasteiger partial charge on any atom is -0.362 e. The minimum atomic E-state index is 0.00268. The first-order valence-electron chi connectivity index (χ1n) is 11.2. The number of nitrogens with zero attached hydrogens (tertiary/aromatic N) is 4. The van der Waals surface area contributed by atoms with Crippen LogP contribution in [0.2, 0.25) is 5.02 Å². The van der Waals surface area contributed by atoms with Crippen LogP contribution in [0.25, 0.3) is 5.69 Å². The largest absolute Gasteiger partial charge is 0.362 e. The van der Waals surface area contributed by atoms with Gasteiger partial charge >= 0.3 is 0 Å². The number of carbonyl (C=O) groups is 1. The molecule has 0 aliphatic carbocycles. The predicted molar refractivity (Wildman–Crippen MR) is 133 cm³/mol. The lowest BCUT2D eigenvalue weighted by molar-refractivity contribution is 0.0671. The maximum atomic E-state index is 13.5. The number of rotatable bonds is 8. The van der Waals surface area contributed by atoms with Gasteiger partial charge in [0.15, 0.2) is 0 Å². The van der Waals surface area contributed by atoms with E-state index in [1.807, 2.05) is 41.9 Å². The predicted octanol–water partition coefficient (Wildman–Crippen LogP) is 6.16. The van der Waals surface area contributed by atoms with E-state index in [2.05, 4.69) is 44.7 Å². The second-order valence-electron chi connectivity index (χ2n) is 8.68. The highest BCUT2D eigenvalue weighted by Crippen LogP contribution is 2.32. The SMILES string of the molecule is CC[C@H](C)N(Cc1c(C(C)C)nn(-c2ccccc2)c1N(C)C)C(=O)c1ccc(Cl)cc1. The number of amides is 1. The van der Waals surface area contributed by atoms with Crippen LogP contribution in [0.1, 0.15) is 61.6 Å². The van der Waals surface area contributed by atoms with E-state index in [0.717, 1.165) is 29.2 Å². The molecule has 0 aliphatic heterocycles. The van der Waals surface area contributed by atoms with Gasteiger partial charge in [0.05, 0.1) is 17.9 Å². The van der Waals surface area contributed by atoms with E-state index in [1.165, 1.54) is 0 Å². The number of benzene rings is 2. The topological polar surface area (TPSA) is 41.4 Å². The molecule has 1 amide bonds. The molecule has 3 rings (SSSR count). The fraction of sp³-hybridized carbons (Fsp3) is 0.385. The second-order valence-corrected chi connectivity index (χ2v) is 9.12. The van der Waals surface area contributed by atoms with Crippen LogP contribution in [0, 0.1) is 0 Å². The summed E-state index contributed by atoms with van der Waals surface area (Å²) in [6.45, 7) is 8.99. The molecule has 6 heteroatoms. The number of para-hydroxylation sites is 1. The quantitative estimate of drug-likeness (QED) is 0.411. The van der Waals surface area contributed by atoms with E-state index >= 15 is 0 Å². The summed E-state index contributed by atoms with van der Waals surface area (Å²) in [6.07, 6.45) is 0.862. The summed E-state index contributed by atoms with van der Waals surface area (Å²) in [7, 11) is 4.05. The molecule has 1 atom stereocenters. The van der Waals surface area contributed by atoms with Crippen LogP contribution in [0.15, 0.2) is 54.6 Å². The van der Waals surface area contributed by atoms with Crippen LogP contribution in [-0.2, 0) is 6.54 Å². The van der Waals surface area contributed by atoms with Gasteiger partial charge in [-0.25, -0.2) is 4.68 Å². The van der Waals surface area contributed by atoms with E-state index in [9.17, 15) is 4.79 Å². The molecule has 0 aliphatic rings. The molecular formula is C26H33ClN4O. The number of hydrogen-bond acceptors (Lipinski definition) is 3. The molecule has 0 bridgehead atoms. The highest BCUT2D eigenvalue weighted by Gasteiger charge is 2.28. The van der Waals surface area contributed by atoms with Crippen molar-refractivity contribution in [1.82, 2.24) is 14.7 Å². The molecule has 0 saturated heterocycles. The summed E-state index contributed by atoms with van der Waals surface area (Å²) < 4.78 is 1.99. The van der Waals surface area contributed by atoms with Gasteiger partial charge in [0.2, 0.25) is 0 Å². The average molecular weight is 453 g/mol. The summed E-state index contributed by atoms with van der Waals surface area (Å²) in [6, 6.07) is 17.3. The summed E-state index contributed by atoms with van der Waals surface area (Å²) in [5.41, 5.74) is 3.73. The summed E-state index contributed by atoms with van der Waals surface area (Å²) in [4.78, 5) is 17.6. The third-order valence-electron chi connectivity index (χ3n) is 5.76. The molecule has 1 heterocycles. The minimum absolute atomic E-state index is 0.00268. The molecule has 170 valence electrons. The van der Waals surface area contributed by atoms with Crippen LogP contribution in [0.5, 0.6) is 0 Å². The van der Waals surface area contributed by atoms with Crippen molar-refractivity contribution < 1.29 is 4.79 Å². The molecule has 2 aromatic carbocycles. The van der Waals surface area contributed by atoms with Crippen LogP contribution in [0.3, 0.4) is 0 Å².